The third kappa shape index (κ3) is 2.65. The van der Waals surface area contributed by atoms with Crippen LogP contribution in [-0.2, 0) is 14.3 Å². The molecule has 0 aromatic heterocycles. The monoisotopic (exact) mass is 168 g/mol. The van der Waals surface area contributed by atoms with Gasteiger partial charge in [-0.15, -0.1) is 5.92 Å². The van der Waals surface area contributed by atoms with Crippen molar-refractivity contribution in [2.75, 3.05) is 19.8 Å². The molecular weight excluding hydrogens is 156 g/mol. The van der Waals surface area contributed by atoms with Crippen LogP contribution in [0.1, 0.15) is 13.3 Å². The van der Waals surface area contributed by atoms with Crippen LogP contribution in [0.5, 0.6) is 0 Å². The maximum atomic E-state index is 11.2. The second kappa shape index (κ2) is 4.91. The highest BCUT2D eigenvalue weighted by atomic mass is 16.6. The SMILES string of the molecule is CC#CCC(=O)C1COCCO1. The van der Waals surface area contributed by atoms with Crippen LogP contribution in [0.2, 0.25) is 0 Å². The van der Waals surface area contributed by atoms with Crippen molar-refractivity contribution < 1.29 is 14.3 Å². The number of hydrogen-bond acceptors (Lipinski definition) is 3. The Morgan fingerprint density at radius 1 is 1.58 bits per heavy atom. The molecule has 1 fully saturated rings. The van der Waals surface area contributed by atoms with Crippen LogP contribution in [-0.4, -0.2) is 31.7 Å². The largest absolute Gasteiger partial charge is 0.376 e. The smallest absolute Gasteiger partial charge is 0.175 e. The number of carbonyl (C=O) groups is 1. The molecule has 0 radical (unpaired) electrons. The summed E-state index contributed by atoms with van der Waals surface area (Å²) in [5.41, 5.74) is 0. The Kier molecular flexibility index (Phi) is 3.78. The predicted octanol–water partition coefficient (Wildman–Crippen LogP) is 0.384. The third-order valence-electron chi connectivity index (χ3n) is 1.61. The van der Waals surface area contributed by atoms with E-state index in [-0.39, 0.29) is 18.3 Å². The van der Waals surface area contributed by atoms with E-state index in [1.807, 2.05) is 0 Å². The number of ether oxygens (including phenoxy) is 2. The molecule has 1 saturated heterocycles. The van der Waals surface area contributed by atoms with E-state index in [0.29, 0.717) is 19.8 Å². The van der Waals surface area contributed by atoms with Gasteiger partial charge in [-0.05, 0) is 6.92 Å². The van der Waals surface area contributed by atoms with Gasteiger partial charge in [-0.25, -0.2) is 0 Å². The Labute approximate surface area is 72.0 Å². The molecule has 1 rings (SSSR count). The van der Waals surface area contributed by atoms with Crippen molar-refractivity contribution in [3.63, 3.8) is 0 Å². The lowest BCUT2D eigenvalue weighted by Crippen LogP contribution is -2.35. The third-order valence-corrected chi connectivity index (χ3v) is 1.61. The molecule has 0 saturated carbocycles. The number of ketones is 1. The minimum absolute atomic E-state index is 0.0176. The van der Waals surface area contributed by atoms with Gasteiger partial charge >= 0.3 is 0 Å². The summed E-state index contributed by atoms with van der Waals surface area (Å²) < 4.78 is 10.3. The fourth-order valence-electron chi connectivity index (χ4n) is 0.963. The summed E-state index contributed by atoms with van der Waals surface area (Å²) in [7, 11) is 0. The standard InChI is InChI=1S/C9H12O3/c1-2-3-4-8(10)9-7-11-5-6-12-9/h9H,4-7H2,1H3. The molecule has 3 nitrogen and oxygen atoms in total. The highest BCUT2D eigenvalue weighted by Crippen LogP contribution is 2.03. The molecule has 1 atom stereocenters. The molecule has 1 unspecified atom stereocenters. The minimum Gasteiger partial charge on any atom is -0.376 e. The summed E-state index contributed by atoms with van der Waals surface area (Å²) in [6, 6.07) is 0. The number of rotatable bonds is 2. The fraction of sp³-hybridized carbons (Fsp3) is 0.667. The summed E-state index contributed by atoms with van der Waals surface area (Å²) in [5.74, 6) is 5.40. The number of hydrogen-bond donors (Lipinski definition) is 0. The van der Waals surface area contributed by atoms with Crippen LogP contribution in [0.15, 0.2) is 0 Å². The molecule has 0 amide bonds. The summed E-state index contributed by atoms with van der Waals surface area (Å²) in [6.45, 7) is 3.19. The van der Waals surface area contributed by atoms with Crippen molar-refractivity contribution in [1.82, 2.24) is 0 Å². The second-order valence-electron chi connectivity index (χ2n) is 2.50. The molecule has 1 heterocycles. The molecule has 0 bridgehead atoms. The fourth-order valence-corrected chi connectivity index (χ4v) is 0.963. The van der Waals surface area contributed by atoms with Crippen molar-refractivity contribution in [1.29, 1.82) is 0 Å². The van der Waals surface area contributed by atoms with Gasteiger partial charge in [0.05, 0.1) is 26.2 Å². The van der Waals surface area contributed by atoms with Gasteiger partial charge in [0, 0.05) is 0 Å². The van der Waals surface area contributed by atoms with Crippen LogP contribution in [0, 0.1) is 11.8 Å². The maximum Gasteiger partial charge on any atom is 0.175 e. The van der Waals surface area contributed by atoms with Gasteiger partial charge in [-0.1, -0.05) is 5.92 Å². The van der Waals surface area contributed by atoms with Crippen LogP contribution < -0.4 is 0 Å². The highest BCUT2D eigenvalue weighted by molar-refractivity contribution is 5.85. The Morgan fingerprint density at radius 3 is 3.00 bits per heavy atom. The summed E-state index contributed by atoms with van der Waals surface area (Å²) >= 11 is 0. The zero-order valence-corrected chi connectivity index (χ0v) is 7.13. The van der Waals surface area contributed by atoms with Gasteiger partial charge in [-0.2, -0.15) is 0 Å². The summed E-state index contributed by atoms with van der Waals surface area (Å²) in [4.78, 5) is 11.2. The first-order valence-corrected chi connectivity index (χ1v) is 3.96. The van der Waals surface area contributed by atoms with E-state index in [1.54, 1.807) is 6.92 Å². The molecular formula is C9H12O3. The molecule has 0 aromatic rings. The molecule has 12 heavy (non-hydrogen) atoms. The van der Waals surface area contributed by atoms with Crippen molar-refractivity contribution in [3.05, 3.63) is 0 Å². The number of carbonyl (C=O) groups excluding carboxylic acids is 1. The number of Topliss-reactive ketones (excluding diaryl/α,β-unsaturated/α-hetero) is 1. The van der Waals surface area contributed by atoms with Gasteiger partial charge in [0.15, 0.2) is 5.78 Å². The first-order chi connectivity index (χ1) is 5.84. The molecule has 0 aliphatic carbocycles. The van der Waals surface area contributed by atoms with E-state index in [9.17, 15) is 4.79 Å². The van der Waals surface area contributed by atoms with Crippen LogP contribution in [0.25, 0.3) is 0 Å². The Bertz CT molecular complexity index is 206. The van der Waals surface area contributed by atoms with Gasteiger partial charge in [0.25, 0.3) is 0 Å². The molecule has 0 aromatic carbocycles. The summed E-state index contributed by atoms with van der Waals surface area (Å²) in [6.07, 6.45) is -0.121. The zero-order valence-electron chi connectivity index (χ0n) is 7.13. The van der Waals surface area contributed by atoms with Crippen LogP contribution in [0.3, 0.4) is 0 Å². The minimum atomic E-state index is -0.389. The molecule has 1 aliphatic heterocycles. The lowest BCUT2D eigenvalue weighted by molar-refractivity contribution is -0.144. The molecule has 1 aliphatic rings. The van der Waals surface area contributed by atoms with E-state index < -0.39 is 0 Å². The topological polar surface area (TPSA) is 35.5 Å². The molecule has 0 spiro atoms. The van der Waals surface area contributed by atoms with Gasteiger partial charge < -0.3 is 9.47 Å². The first kappa shape index (κ1) is 9.24. The second-order valence-corrected chi connectivity index (χ2v) is 2.50. The highest BCUT2D eigenvalue weighted by Gasteiger charge is 2.21. The van der Waals surface area contributed by atoms with E-state index in [2.05, 4.69) is 11.8 Å². The van der Waals surface area contributed by atoms with E-state index in [4.69, 9.17) is 9.47 Å². The summed E-state index contributed by atoms with van der Waals surface area (Å²) in [5, 5.41) is 0. The Balaban J connectivity index is 2.33. The van der Waals surface area contributed by atoms with Crippen molar-refractivity contribution in [2.24, 2.45) is 0 Å². The van der Waals surface area contributed by atoms with Crippen molar-refractivity contribution in [2.45, 2.75) is 19.4 Å². The van der Waals surface area contributed by atoms with E-state index in [0.717, 1.165) is 0 Å². The van der Waals surface area contributed by atoms with Crippen molar-refractivity contribution >= 4 is 5.78 Å². The van der Waals surface area contributed by atoms with E-state index >= 15 is 0 Å². The normalized spacial score (nSPS) is 22.6. The maximum absolute atomic E-state index is 11.2. The molecule has 0 N–H and O–H groups in total. The van der Waals surface area contributed by atoms with Crippen LogP contribution >= 0.6 is 0 Å². The molecule has 3 heteroatoms. The van der Waals surface area contributed by atoms with Crippen LogP contribution in [0.4, 0.5) is 0 Å². The first-order valence-electron chi connectivity index (χ1n) is 3.96. The average Bonchev–Trinajstić information content (AvgIpc) is 2.15. The predicted molar refractivity (Wildman–Crippen MR) is 43.6 cm³/mol. The zero-order chi connectivity index (χ0) is 8.81. The Hall–Kier alpha value is -0.850. The lowest BCUT2D eigenvalue weighted by Gasteiger charge is -2.20. The van der Waals surface area contributed by atoms with Gasteiger partial charge in [0.2, 0.25) is 0 Å². The van der Waals surface area contributed by atoms with E-state index in [1.165, 1.54) is 0 Å². The Morgan fingerprint density at radius 2 is 2.42 bits per heavy atom. The average molecular weight is 168 g/mol. The van der Waals surface area contributed by atoms with Crippen molar-refractivity contribution in [3.8, 4) is 11.8 Å². The molecule has 66 valence electrons. The lowest BCUT2D eigenvalue weighted by atomic mass is 10.2. The van der Waals surface area contributed by atoms with Gasteiger partial charge in [0.1, 0.15) is 6.10 Å². The quantitative estimate of drug-likeness (QED) is 0.559. The van der Waals surface area contributed by atoms with Gasteiger partial charge in [-0.3, -0.25) is 4.79 Å².